The summed E-state index contributed by atoms with van der Waals surface area (Å²) in [6.07, 6.45) is -0.416. The Morgan fingerprint density at radius 2 is 1.62 bits per heavy atom. The molecule has 0 radical (unpaired) electrons. The second kappa shape index (κ2) is 9.97. The van der Waals surface area contributed by atoms with Crippen LogP contribution in [0.25, 0.3) is 11.1 Å². The largest absolute Gasteiger partial charge is 0.478 e. The standard InChI is InChI=1S/C26H23ClN2O5/c1-2-22(24(30)28-23-13-15(25(31)32)11-12-21(23)27)29-26(33)34-14-20-18-9-5-3-7-16(18)17-8-4-6-10-19(17)20/h3-13,20,22H,2,14H2,1H3,(H,28,30)(H,29,33)(H,31,32)/t22-/m0/s1. The number of ether oxygens (including phenoxy) is 1. The van der Waals surface area contributed by atoms with E-state index in [1.165, 1.54) is 18.2 Å². The zero-order chi connectivity index (χ0) is 24.2. The molecule has 3 aromatic carbocycles. The SMILES string of the molecule is CC[C@H](NC(=O)OCC1c2ccccc2-c2ccccc21)C(=O)Nc1cc(C(=O)O)ccc1Cl. The summed E-state index contributed by atoms with van der Waals surface area (Å²) in [6, 6.07) is 19.1. The zero-order valence-corrected chi connectivity index (χ0v) is 19.1. The Bertz CT molecular complexity index is 1210. The number of carbonyl (C=O) groups excluding carboxylic acids is 2. The molecule has 0 saturated heterocycles. The van der Waals surface area contributed by atoms with Crippen LogP contribution in [0.3, 0.4) is 0 Å². The number of hydrogen-bond acceptors (Lipinski definition) is 4. The molecule has 1 aliphatic rings. The van der Waals surface area contributed by atoms with Gasteiger partial charge in [-0.2, -0.15) is 0 Å². The molecule has 4 rings (SSSR count). The number of nitrogens with one attached hydrogen (secondary N) is 2. The number of halogens is 1. The number of carbonyl (C=O) groups is 3. The van der Waals surface area contributed by atoms with Gasteiger partial charge in [-0.1, -0.05) is 67.1 Å². The van der Waals surface area contributed by atoms with Crippen molar-refractivity contribution in [3.63, 3.8) is 0 Å². The van der Waals surface area contributed by atoms with E-state index in [0.717, 1.165) is 22.3 Å². The highest BCUT2D eigenvalue weighted by Gasteiger charge is 2.29. The highest BCUT2D eigenvalue weighted by atomic mass is 35.5. The minimum absolute atomic E-state index is 0.0164. The molecule has 34 heavy (non-hydrogen) atoms. The predicted octanol–water partition coefficient (Wildman–Crippen LogP) is 5.29. The van der Waals surface area contributed by atoms with Crippen LogP contribution in [-0.2, 0) is 9.53 Å². The molecule has 3 aromatic rings. The first-order valence-electron chi connectivity index (χ1n) is 10.8. The van der Waals surface area contributed by atoms with Crippen molar-refractivity contribution in [1.82, 2.24) is 5.32 Å². The smallest absolute Gasteiger partial charge is 0.407 e. The number of carboxylic acids is 1. The van der Waals surface area contributed by atoms with Crippen LogP contribution in [0.15, 0.2) is 66.7 Å². The van der Waals surface area contributed by atoms with Gasteiger partial charge in [0.1, 0.15) is 12.6 Å². The number of alkyl carbamates (subject to hydrolysis) is 1. The maximum atomic E-state index is 12.7. The maximum absolute atomic E-state index is 12.7. The molecule has 174 valence electrons. The number of anilines is 1. The molecular formula is C26H23ClN2O5. The lowest BCUT2D eigenvalue weighted by Gasteiger charge is -2.19. The highest BCUT2D eigenvalue weighted by molar-refractivity contribution is 6.34. The first-order valence-corrected chi connectivity index (χ1v) is 11.2. The van der Waals surface area contributed by atoms with Gasteiger partial charge in [0.25, 0.3) is 0 Å². The van der Waals surface area contributed by atoms with Gasteiger partial charge in [0.2, 0.25) is 5.91 Å². The lowest BCUT2D eigenvalue weighted by Crippen LogP contribution is -2.43. The second-order valence-corrected chi connectivity index (χ2v) is 8.33. The quantitative estimate of drug-likeness (QED) is 0.427. The average Bonchev–Trinajstić information content (AvgIpc) is 3.16. The normalized spacial score (nSPS) is 12.9. The van der Waals surface area contributed by atoms with Crippen molar-refractivity contribution in [3.05, 3.63) is 88.4 Å². The fraction of sp³-hybridized carbons (Fsp3) is 0.192. The van der Waals surface area contributed by atoms with Crippen molar-refractivity contribution in [2.75, 3.05) is 11.9 Å². The van der Waals surface area contributed by atoms with E-state index >= 15 is 0 Å². The molecule has 0 saturated carbocycles. The van der Waals surface area contributed by atoms with Gasteiger partial charge < -0.3 is 20.5 Å². The Morgan fingerprint density at radius 3 is 2.21 bits per heavy atom. The maximum Gasteiger partial charge on any atom is 0.407 e. The van der Waals surface area contributed by atoms with Crippen molar-refractivity contribution in [2.24, 2.45) is 0 Å². The minimum Gasteiger partial charge on any atom is -0.478 e. The molecule has 1 atom stereocenters. The van der Waals surface area contributed by atoms with Gasteiger partial charge in [-0.25, -0.2) is 9.59 Å². The van der Waals surface area contributed by atoms with Crippen LogP contribution >= 0.6 is 11.6 Å². The number of benzene rings is 3. The number of carboxylic acid groups (broad SMARTS) is 1. The molecule has 0 aromatic heterocycles. The Hall–Kier alpha value is -3.84. The van der Waals surface area contributed by atoms with E-state index < -0.39 is 24.0 Å². The molecule has 8 heteroatoms. The van der Waals surface area contributed by atoms with Crippen LogP contribution in [0.5, 0.6) is 0 Å². The van der Waals surface area contributed by atoms with Crippen LogP contribution < -0.4 is 10.6 Å². The third-order valence-corrected chi connectivity index (χ3v) is 6.16. The monoisotopic (exact) mass is 478 g/mol. The van der Waals surface area contributed by atoms with Crippen LogP contribution in [0.4, 0.5) is 10.5 Å². The van der Waals surface area contributed by atoms with E-state index in [1.807, 2.05) is 36.4 Å². The molecular weight excluding hydrogens is 456 g/mol. The average molecular weight is 479 g/mol. The first-order chi connectivity index (χ1) is 16.4. The summed E-state index contributed by atoms with van der Waals surface area (Å²) in [5.74, 6) is -1.76. The van der Waals surface area contributed by atoms with Crippen molar-refractivity contribution >= 4 is 35.3 Å². The third-order valence-electron chi connectivity index (χ3n) is 5.83. The van der Waals surface area contributed by atoms with E-state index in [9.17, 15) is 14.4 Å². The minimum atomic E-state index is -1.14. The molecule has 0 heterocycles. The van der Waals surface area contributed by atoms with Crippen LogP contribution in [0, 0.1) is 0 Å². The lowest BCUT2D eigenvalue weighted by molar-refractivity contribution is -0.118. The summed E-state index contributed by atoms with van der Waals surface area (Å²) in [4.78, 5) is 36.4. The van der Waals surface area contributed by atoms with E-state index in [2.05, 4.69) is 22.8 Å². The molecule has 0 bridgehead atoms. The van der Waals surface area contributed by atoms with Gasteiger partial charge in [0.15, 0.2) is 0 Å². The van der Waals surface area contributed by atoms with Crippen molar-refractivity contribution < 1.29 is 24.2 Å². The summed E-state index contributed by atoms with van der Waals surface area (Å²) in [6.45, 7) is 1.87. The molecule has 0 unspecified atom stereocenters. The summed E-state index contributed by atoms with van der Waals surface area (Å²) in [5, 5.41) is 14.5. The fourth-order valence-corrected chi connectivity index (χ4v) is 4.27. The van der Waals surface area contributed by atoms with Crippen molar-refractivity contribution in [1.29, 1.82) is 0 Å². The Morgan fingerprint density at radius 1 is 1.00 bits per heavy atom. The van der Waals surface area contributed by atoms with Crippen molar-refractivity contribution in [3.8, 4) is 11.1 Å². The highest BCUT2D eigenvalue weighted by Crippen LogP contribution is 2.44. The first kappa shape index (κ1) is 23.3. The second-order valence-electron chi connectivity index (χ2n) is 7.92. The van der Waals surface area contributed by atoms with Gasteiger partial charge in [0.05, 0.1) is 16.3 Å². The van der Waals surface area contributed by atoms with Gasteiger partial charge in [-0.3, -0.25) is 4.79 Å². The molecule has 7 nitrogen and oxygen atoms in total. The number of aromatic carboxylic acids is 1. The predicted molar refractivity (Wildman–Crippen MR) is 129 cm³/mol. The van der Waals surface area contributed by atoms with Crippen LogP contribution in [0.2, 0.25) is 5.02 Å². The van der Waals surface area contributed by atoms with E-state index in [1.54, 1.807) is 6.92 Å². The summed E-state index contributed by atoms with van der Waals surface area (Å²) < 4.78 is 5.51. The zero-order valence-electron chi connectivity index (χ0n) is 18.4. The van der Waals surface area contributed by atoms with Gasteiger partial charge >= 0.3 is 12.1 Å². The fourth-order valence-electron chi connectivity index (χ4n) is 4.11. The topological polar surface area (TPSA) is 105 Å². The lowest BCUT2D eigenvalue weighted by atomic mass is 9.98. The molecule has 0 aliphatic heterocycles. The van der Waals surface area contributed by atoms with E-state index in [0.29, 0.717) is 6.42 Å². The summed E-state index contributed by atoms with van der Waals surface area (Å²) in [7, 11) is 0. The van der Waals surface area contributed by atoms with Gasteiger partial charge in [-0.05, 0) is 46.9 Å². The molecule has 0 spiro atoms. The molecule has 1 aliphatic carbocycles. The molecule has 0 fully saturated rings. The summed E-state index contributed by atoms with van der Waals surface area (Å²) in [5.41, 5.74) is 4.57. The van der Waals surface area contributed by atoms with Gasteiger partial charge in [0, 0.05) is 5.92 Å². The number of amides is 2. The Kier molecular flexibility index (Phi) is 6.84. The van der Waals surface area contributed by atoms with Gasteiger partial charge in [-0.15, -0.1) is 0 Å². The van der Waals surface area contributed by atoms with Crippen LogP contribution in [-0.4, -0.2) is 35.7 Å². The summed E-state index contributed by atoms with van der Waals surface area (Å²) >= 11 is 6.08. The molecule has 3 N–H and O–H groups in total. The number of hydrogen-bond donors (Lipinski definition) is 3. The number of rotatable bonds is 7. The van der Waals surface area contributed by atoms with E-state index in [-0.39, 0.29) is 28.8 Å². The molecule has 2 amide bonds. The Balaban J connectivity index is 1.40. The van der Waals surface area contributed by atoms with Crippen molar-refractivity contribution in [2.45, 2.75) is 25.3 Å². The third kappa shape index (κ3) is 4.75. The Labute approximate surface area is 201 Å². The van der Waals surface area contributed by atoms with Crippen LogP contribution in [0.1, 0.15) is 40.7 Å². The number of fused-ring (bicyclic) bond motifs is 3. The van der Waals surface area contributed by atoms with E-state index in [4.69, 9.17) is 21.4 Å².